The summed E-state index contributed by atoms with van der Waals surface area (Å²) in [6, 6.07) is 14.5. The van der Waals surface area contributed by atoms with Crippen molar-refractivity contribution >= 4 is 28.9 Å². The SMILES string of the molecule is CCCCCC(=O)Nc1cccc(NC(=O)CNc2ccc(OCCOC)cc2)c1. The first-order valence-corrected chi connectivity index (χ1v) is 10.3. The molecule has 0 bridgehead atoms. The Hall–Kier alpha value is -3.06. The van der Waals surface area contributed by atoms with Crippen LogP contribution in [0.2, 0.25) is 0 Å². The van der Waals surface area contributed by atoms with Crippen LogP contribution in [0.25, 0.3) is 0 Å². The van der Waals surface area contributed by atoms with Gasteiger partial charge < -0.3 is 25.4 Å². The minimum Gasteiger partial charge on any atom is -0.491 e. The van der Waals surface area contributed by atoms with Crippen LogP contribution >= 0.6 is 0 Å². The second-order valence-corrected chi connectivity index (χ2v) is 6.85. The molecular formula is C23H31N3O4. The summed E-state index contributed by atoms with van der Waals surface area (Å²) in [6.45, 7) is 3.25. The zero-order valence-corrected chi connectivity index (χ0v) is 17.7. The highest BCUT2D eigenvalue weighted by atomic mass is 16.5. The van der Waals surface area contributed by atoms with E-state index in [0.29, 0.717) is 31.0 Å². The number of unbranched alkanes of at least 4 members (excludes halogenated alkanes) is 2. The van der Waals surface area contributed by atoms with Gasteiger partial charge in [0.15, 0.2) is 0 Å². The summed E-state index contributed by atoms with van der Waals surface area (Å²) in [4.78, 5) is 24.2. The van der Waals surface area contributed by atoms with Gasteiger partial charge in [-0.2, -0.15) is 0 Å². The van der Waals surface area contributed by atoms with Crippen LogP contribution in [0, 0.1) is 0 Å². The van der Waals surface area contributed by atoms with E-state index in [9.17, 15) is 9.59 Å². The van der Waals surface area contributed by atoms with Crippen LogP contribution in [0.5, 0.6) is 5.75 Å². The number of rotatable bonds is 13. The molecule has 0 aliphatic rings. The lowest BCUT2D eigenvalue weighted by atomic mass is 10.2. The number of anilines is 3. The summed E-state index contributed by atoms with van der Waals surface area (Å²) in [7, 11) is 1.63. The predicted molar refractivity (Wildman–Crippen MR) is 120 cm³/mol. The molecule has 7 nitrogen and oxygen atoms in total. The highest BCUT2D eigenvalue weighted by molar-refractivity contribution is 5.95. The number of nitrogens with one attached hydrogen (secondary N) is 3. The van der Waals surface area contributed by atoms with Gasteiger partial charge in [0.2, 0.25) is 11.8 Å². The smallest absolute Gasteiger partial charge is 0.243 e. The maximum atomic E-state index is 12.2. The maximum absolute atomic E-state index is 12.2. The van der Waals surface area contributed by atoms with Gasteiger partial charge in [0, 0.05) is 30.6 Å². The van der Waals surface area contributed by atoms with Crippen molar-refractivity contribution < 1.29 is 19.1 Å². The third kappa shape index (κ3) is 8.96. The molecule has 0 aromatic heterocycles. The van der Waals surface area contributed by atoms with Crippen molar-refractivity contribution in [1.29, 1.82) is 0 Å². The fraction of sp³-hybridized carbons (Fsp3) is 0.391. The second-order valence-electron chi connectivity index (χ2n) is 6.85. The van der Waals surface area contributed by atoms with E-state index in [-0.39, 0.29) is 18.4 Å². The molecule has 2 amide bonds. The number of ether oxygens (including phenoxy) is 2. The molecule has 2 rings (SSSR count). The number of amides is 2. The van der Waals surface area contributed by atoms with Gasteiger partial charge in [-0.3, -0.25) is 9.59 Å². The van der Waals surface area contributed by atoms with Crippen molar-refractivity contribution in [3.8, 4) is 5.75 Å². The zero-order chi connectivity index (χ0) is 21.6. The number of hydrogen-bond donors (Lipinski definition) is 3. The highest BCUT2D eigenvalue weighted by Gasteiger charge is 2.06. The summed E-state index contributed by atoms with van der Waals surface area (Å²) in [5.41, 5.74) is 2.12. The van der Waals surface area contributed by atoms with E-state index in [1.807, 2.05) is 30.3 Å². The first kappa shape index (κ1) is 23.2. The summed E-state index contributed by atoms with van der Waals surface area (Å²) in [6.07, 6.45) is 3.50. The second kappa shape index (κ2) is 13.2. The standard InChI is InChI=1S/C23H31N3O4/c1-3-4-5-9-22(27)25-19-7-6-8-20(16-19)26-23(28)17-24-18-10-12-21(13-11-18)30-15-14-29-2/h6-8,10-13,16,24H,3-5,9,14-15,17H2,1-2H3,(H,25,27)(H,26,28). The van der Waals surface area contributed by atoms with Crippen molar-refractivity contribution in [3.05, 3.63) is 48.5 Å². The maximum Gasteiger partial charge on any atom is 0.243 e. The topological polar surface area (TPSA) is 88.7 Å². The number of carbonyl (C=O) groups is 2. The molecule has 0 saturated heterocycles. The molecule has 2 aromatic rings. The Balaban J connectivity index is 1.77. The molecule has 2 aromatic carbocycles. The molecule has 0 radical (unpaired) electrons. The number of benzene rings is 2. The summed E-state index contributed by atoms with van der Waals surface area (Å²) < 4.78 is 10.5. The summed E-state index contributed by atoms with van der Waals surface area (Å²) in [5.74, 6) is 0.556. The van der Waals surface area contributed by atoms with Crippen LogP contribution in [0.15, 0.2) is 48.5 Å². The normalized spacial score (nSPS) is 10.3. The largest absolute Gasteiger partial charge is 0.491 e. The molecule has 3 N–H and O–H groups in total. The van der Waals surface area contributed by atoms with Crippen LogP contribution in [0.4, 0.5) is 17.1 Å². The molecular weight excluding hydrogens is 382 g/mol. The van der Waals surface area contributed by atoms with Crippen molar-refractivity contribution in [3.63, 3.8) is 0 Å². The van der Waals surface area contributed by atoms with Gasteiger partial charge in [0.25, 0.3) is 0 Å². The predicted octanol–water partition coefficient (Wildman–Crippen LogP) is 4.28. The molecule has 0 fully saturated rings. The molecule has 0 heterocycles. The van der Waals surface area contributed by atoms with Gasteiger partial charge in [0.1, 0.15) is 12.4 Å². The first-order valence-electron chi connectivity index (χ1n) is 10.3. The summed E-state index contributed by atoms with van der Waals surface area (Å²) in [5, 5.41) is 8.78. The van der Waals surface area contributed by atoms with Gasteiger partial charge in [0.05, 0.1) is 13.2 Å². The Morgan fingerprint density at radius 1 is 0.867 bits per heavy atom. The van der Waals surface area contributed by atoms with E-state index in [1.165, 1.54) is 0 Å². The van der Waals surface area contributed by atoms with Gasteiger partial charge in [-0.15, -0.1) is 0 Å². The third-order valence-corrected chi connectivity index (χ3v) is 4.30. The van der Waals surface area contributed by atoms with Crippen LogP contribution in [-0.2, 0) is 14.3 Å². The van der Waals surface area contributed by atoms with Crippen LogP contribution < -0.4 is 20.7 Å². The Labute approximate surface area is 178 Å². The molecule has 7 heteroatoms. The van der Waals surface area contributed by atoms with E-state index < -0.39 is 0 Å². The fourth-order valence-corrected chi connectivity index (χ4v) is 2.73. The van der Waals surface area contributed by atoms with Crippen LogP contribution in [0.3, 0.4) is 0 Å². The lowest BCUT2D eigenvalue weighted by Crippen LogP contribution is -2.21. The van der Waals surface area contributed by atoms with E-state index in [0.717, 1.165) is 30.7 Å². The molecule has 0 aliphatic heterocycles. The van der Waals surface area contributed by atoms with Crippen molar-refractivity contribution in [2.75, 3.05) is 42.8 Å². The lowest BCUT2D eigenvalue weighted by molar-refractivity contribution is -0.116. The average Bonchev–Trinajstić information content (AvgIpc) is 2.74. The lowest BCUT2D eigenvalue weighted by Gasteiger charge is -2.11. The minimum absolute atomic E-state index is 0.0109. The molecule has 0 atom stereocenters. The van der Waals surface area contributed by atoms with Crippen molar-refractivity contribution in [1.82, 2.24) is 0 Å². The summed E-state index contributed by atoms with van der Waals surface area (Å²) >= 11 is 0. The van der Waals surface area contributed by atoms with E-state index in [4.69, 9.17) is 9.47 Å². The van der Waals surface area contributed by atoms with Crippen LogP contribution in [0.1, 0.15) is 32.6 Å². The van der Waals surface area contributed by atoms with E-state index in [2.05, 4.69) is 22.9 Å². The molecule has 0 unspecified atom stereocenters. The van der Waals surface area contributed by atoms with Gasteiger partial charge in [-0.1, -0.05) is 25.8 Å². The zero-order valence-electron chi connectivity index (χ0n) is 17.7. The minimum atomic E-state index is -0.179. The average molecular weight is 414 g/mol. The monoisotopic (exact) mass is 413 g/mol. The quantitative estimate of drug-likeness (QED) is 0.427. The molecule has 0 saturated carbocycles. The first-order chi connectivity index (χ1) is 14.6. The number of carbonyl (C=O) groups excluding carboxylic acids is 2. The third-order valence-electron chi connectivity index (χ3n) is 4.30. The van der Waals surface area contributed by atoms with Gasteiger partial charge >= 0.3 is 0 Å². The van der Waals surface area contributed by atoms with Gasteiger partial charge in [-0.25, -0.2) is 0 Å². The van der Waals surface area contributed by atoms with E-state index >= 15 is 0 Å². The molecule has 162 valence electrons. The Bertz CT molecular complexity index is 793. The Kier molecular flexibility index (Phi) is 10.2. The van der Waals surface area contributed by atoms with E-state index in [1.54, 1.807) is 25.3 Å². The Morgan fingerprint density at radius 2 is 1.57 bits per heavy atom. The molecule has 30 heavy (non-hydrogen) atoms. The Morgan fingerprint density at radius 3 is 2.23 bits per heavy atom. The van der Waals surface area contributed by atoms with Gasteiger partial charge in [-0.05, 0) is 48.9 Å². The molecule has 0 spiro atoms. The fourth-order valence-electron chi connectivity index (χ4n) is 2.73. The number of methoxy groups -OCH3 is 1. The van der Waals surface area contributed by atoms with Crippen LogP contribution in [-0.4, -0.2) is 38.7 Å². The van der Waals surface area contributed by atoms with Crippen molar-refractivity contribution in [2.45, 2.75) is 32.6 Å². The van der Waals surface area contributed by atoms with Crippen molar-refractivity contribution in [2.24, 2.45) is 0 Å². The highest BCUT2D eigenvalue weighted by Crippen LogP contribution is 2.17. The molecule has 0 aliphatic carbocycles. The number of hydrogen-bond acceptors (Lipinski definition) is 5.